The highest BCUT2D eigenvalue weighted by atomic mass is 32.2. The van der Waals surface area contributed by atoms with Gasteiger partial charge in [0.2, 0.25) is 5.91 Å². The summed E-state index contributed by atoms with van der Waals surface area (Å²) >= 11 is 1.17. The maximum absolute atomic E-state index is 12.1. The fourth-order valence-electron chi connectivity index (χ4n) is 3.13. The van der Waals surface area contributed by atoms with Crippen LogP contribution in [0.25, 0.3) is 0 Å². The Morgan fingerprint density at radius 1 is 1.29 bits per heavy atom. The molecule has 6 nitrogen and oxygen atoms in total. The lowest BCUT2D eigenvalue weighted by molar-refractivity contribution is -0.123. The number of hydrogen-bond acceptors (Lipinski definition) is 5. The fourth-order valence-corrected chi connectivity index (χ4v) is 3.91. The van der Waals surface area contributed by atoms with Crippen molar-refractivity contribution in [1.29, 1.82) is 0 Å². The number of para-hydroxylation sites is 1. The first-order chi connectivity index (χ1) is 11.6. The van der Waals surface area contributed by atoms with E-state index in [-0.39, 0.29) is 23.2 Å². The summed E-state index contributed by atoms with van der Waals surface area (Å²) in [6, 6.07) is 10.1. The monoisotopic (exact) mass is 348 g/mol. The number of nitrogens with one attached hydrogen (secondary N) is 2. The number of amides is 2. The van der Waals surface area contributed by atoms with Crippen molar-refractivity contribution >= 4 is 28.6 Å². The number of benzene rings is 1. The molecule has 2 amide bonds. The molecule has 2 aliphatic heterocycles. The van der Waals surface area contributed by atoms with E-state index >= 15 is 0 Å². The first-order valence-corrected chi connectivity index (χ1v) is 9.36. The maximum atomic E-state index is 12.1. The molecule has 0 saturated carbocycles. The quantitative estimate of drug-likeness (QED) is 0.835. The van der Waals surface area contributed by atoms with Gasteiger partial charge in [-0.1, -0.05) is 30.0 Å². The van der Waals surface area contributed by atoms with Gasteiger partial charge >= 0.3 is 0 Å². The molecule has 24 heavy (non-hydrogen) atoms. The molecule has 1 aromatic carbocycles. The summed E-state index contributed by atoms with van der Waals surface area (Å²) in [5.41, 5.74) is 1.27. The lowest BCUT2D eigenvalue weighted by atomic mass is 10.2. The zero-order valence-electron chi connectivity index (χ0n) is 13.9. The Labute approximate surface area is 146 Å². The van der Waals surface area contributed by atoms with Crippen molar-refractivity contribution < 1.29 is 9.59 Å². The van der Waals surface area contributed by atoms with E-state index in [0.29, 0.717) is 5.75 Å². The Hall–Kier alpha value is -1.73. The fraction of sp³-hybridized carbons (Fsp3) is 0.529. The third-order valence-electron chi connectivity index (χ3n) is 4.40. The minimum Gasteiger partial charge on any atom is -0.369 e. The van der Waals surface area contributed by atoms with Gasteiger partial charge in [0, 0.05) is 50.2 Å². The van der Waals surface area contributed by atoms with Crippen LogP contribution in [-0.2, 0) is 4.79 Å². The second-order valence-corrected chi connectivity index (χ2v) is 7.32. The third-order valence-corrected chi connectivity index (χ3v) is 5.28. The minimum absolute atomic E-state index is 0.0725. The summed E-state index contributed by atoms with van der Waals surface area (Å²) in [6.07, 6.45) is 0. The van der Waals surface area contributed by atoms with Crippen LogP contribution in [0.15, 0.2) is 30.3 Å². The second-order valence-electron chi connectivity index (χ2n) is 6.33. The molecule has 0 bridgehead atoms. The van der Waals surface area contributed by atoms with Crippen molar-refractivity contribution in [3.05, 3.63) is 30.3 Å². The van der Waals surface area contributed by atoms with Crippen LogP contribution in [0.5, 0.6) is 0 Å². The van der Waals surface area contributed by atoms with Gasteiger partial charge in [-0.25, -0.2) is 0 Å². The summed E-state index contributed by atoms with van der Waals surface area (Å²) in [7, 11) is 0. The minimum atomic E-state index is -0.389. The smallest absolute Gasteiger partial charge is 0.279 e. The topological polar surface area (TPSA) is 64.7 Å². The Kier molecular flexibility index (Phi) is 5.63. The number of carbonyl (C=O) groups is 2. The van der Waals surface area contributed by atoms with Crippen molar-refractivity contribution in [2.24, 2.45) is 0 Å². The van der Waals surface area contributed by atoms with E-state index in [1.807, 2.05) is 13.0 Å². The van der Waals surface area contributed by atoms with Gasteiger partial charge in [0.05, 0.1) is 0 Å². The maximum Gasteiger partial charge on any atom is 0.279 e. The van der Waals surface area contributed by atoms with E-state index in [2.05, 4.69) is 44.7 Å². The van der Waals surface area contributed by atoms with E-state index in [1.54, 1.807) is 0 Å². The summed E-state index contributed by atoms with van der Waals surface area (Å²) in [4.78, 5) is 28.1. The molecule has 0 aliphatic carbocycles. The summed E-state index contributed by atoms with van der Waals surface area (Å²) in [5.74, 6) is 0.441. The van der Waals surface area contributed by atoms with Crippen molar-refractivity contribution in [3.8, 4) is 0 Å². The molecule has 2 aliphatic rings. The largest absolute Gasteiger partial charge is 0.369 e. The number of piperazine rings is 1. The summed E-state index contributed by atoms with van der Waals surface area (Å²) < 4.78 is 0. The molecule has 0 unspecified atom stereocenters. The van der Waals surface area contributed by atoms with Crippen molar-refractivity contribution in [3.63, 3.8) is 0 Å². The Morgan fingerprint density at radius 2 is 2.00 bits per heavy atom. The molecule has 3 rings (SSSR count). The molecule has 1 aromatic rings. The molecule has 2 saturated heterocycles. The predicted molar refractivity (Wildman–Crippen MR) is 97.5 cm³/mol. The lowest BCUT2D eigenvalue weighted by Gasteiger charge is -2.37. The van der Waals surface area contributed by atoms with Gasteiger partial charge in [0.1, 0.15) is 6.04 Å². The van der Waals surface area contributed by atoms with Gasteiger partial charge in [-0.05, 0) is 19.1 Å². The Balaban J connectivity index is 1.41. The third kappa shape index (κ3) is 4.42. The molecule has 7 heteroatoms. The highest BCUT2D eigenvalue weighted by molar-refractivity contribution is 8.14. The van der Waals surface area contributed by atoms with Crippen LogP contribution < -0.4 is 15.5 Å². The lowest BCUT2D eigenvalue weighted by Crippen LogP contribution is -2.53. The average molecular weight is 348 g/mol. The normalized spacial score (nSPS) is 23.0. The van der Waals surface area contributed by atoms with Gasteiger partial charge in [-0.3, -0.25) is 14.5 Å². The van der Waals surface area contributed by atoms with Gasteiger partial charge in [0.25, 0.3) is 5.24 Å². The number of hydrogen-bond donors (Lipinski definition) is 2. The number of carbonyl (C=O) groups excluding carboxylic acids is 2. The van der Waals surface area contributed by atoms with Crippen LogP contribution in [-0.4, -0.2) is 66.6 Å². The predicted octanol–water partition coefficient (Wildman–Crippen LogP) is 1.14. The number of thioether (sulfide) groups is 1. The van der Waals surface area contributed by atoms with Crippen molar-refractivity contribution in [2.45, 2.75) is 19.0 Å². The van der Waals surface area contributed by atoms with E-state index in [0.717, 1.165) is 32.7 Å². The van der Waals surface area contributed by atoms with E-state index in [4.69, 9.17) is 0 Å². The van der Waals surface area contributed by atoms with Crippen molar-refractivity contribution in [1.82, 2.24) is 15.5 Å². The molecule has 0 radical (unpaired) electrons. The molecule has 2 fully saturated rings. The first-order valence-electron chi connectivity index (χ1n) is 8.38. The number of nitrogens with zero attached hydrogens (tertiary/aromatic N) is 2. The van der Waals surface area contributed by atoms with Gasteiger partial charge in [0.15, 0.2) is 0 Å². The molecule has 0 aromatic heterocycles. The van der Waals surface area contributed by atoms with E-state index < -0.39 is 0 Å². The van der Waals surface area contributed by atoms with Gasteiger partial charge < -0.3 is 15.5 Å². The van der Waals surface area contributed by atoms with Gasteiger partial charge in [-0.2, -0.15) is 0 Å². The zero-order valence-corrected chi connectivity index (χ0v) is 14.7. The molecule has 2 N–H and O–H groups in total. The van der Waals surface area contributed by atoms with Crippen LogP contribution in [0.1, 0.15) is 6.92 Å². The molecule has 2 heterocycles. The molecule has 2 atom stereocenters. The standard InChI is InChI=1S/C17H24N4O2S/c1-13(18-16(22)15-12-24-17(23)19-15)11-20-7-9-21(10-8-20)14-5-3-2-4-6-14/h2-6,13,15H,7-12H2,1H3,(H,18,22)(H,19,23)/t13-,15+/m1/s1. The van der Waals surface area contributed by atoms with Crippen LogP contribution in [0.4, 0.5) is 10.5 Å². The van der Waals surface area contributed by atoms with Gasteiger partial charge in [-0.15, -0.1) is 0 Å². The molecular formula is C17H24N4O2S. The van der Waals surface area contributed by atoms with Crippen LogP contribution in [0, 0.1) is 0 Å². The van der Waals surface area contributed by atoms with Crippen LogP contribution in [0.2, 0.25) is 0 Å². The Morgan fingerprint density at radius 3 is 2.62 bits per heavy atom. The highest BCUT2D eigenvalue weighted by Gasteiger charge is 2.29. The zero-order chi connectivity index (χ0) is 16.9. The molecule has 130 valence electrons. The van der Waals surface area contributed by atoms with E-state index in [9.17, 15) is 9.59 Å². The highest BCUT2D eigenvalue weighted by Crippen LogP contribution is 2.16. The second kappa shape index (κ2) is 7.90. The number of anilines is 1. The molecule has 0 spiro atoms. The van der Waals surface area contributed by atoms with E-state index in [1.165, 1.54) is 17.4 Å². The number of rotatable bonds is 5. The summed E-state index contributed by atoms with van der Waals surface area (Å²) in [5, 5.41) is 5.58. The van der Waals surface area contributed by atoms with Crippen LogP contribution >= 0.6 is 11.8 Å². The Bertz CT molecular complexity index is 575. The average Bonchev–Trinajstić information content (AvgIpc) is 3.03. The summed E-state index contributed by atoms with van der Waals surface area (Å²) in [6.45, 7) is 6.84. The first kappa shape index (κ1) is 17.1. The SMILES string of the molecule is C[C@H](CN1CCN(c2ccccc2)CC1)NC(=O)[C@@H]1CSC(=O)N1. The van der Waals surface area contributed by atoms with Crippen molar-refractivity contribution in [2.75, 3.05) is 43.4 Å². The van der Waals surface area contributed by atoms with Crippen LogP contribution in [0.3, 0.4) is 0 Å². The molecular weight excluding hydrogens is 324 g/mol.